The van der Waals surface area contributed by atoms with Gasteiger partial charge in [0.25, 0.3) is 0 Å². The van der Waals surface area contributed by atoms with Crippen LogP contribution in [0.15, 0.2) is 23.4 Å². The lowest BCUT2D eigenvalue weighted by molar-refractivity contribution is -0.141. The second kappa shape index (κ2) is 4.86. The standard InChI is InChI=1S/C9H14N2O5S/c1-6(12)8(9(13)14)10-17(15,16)7-3-4-11(2)5-7/h3-6,8,10,12H,1-2H3,(H,13,14)/t6-,8+/m1/s1. The highest BCUT2D eigenvalue weighted by atomic mass is 32.2. The molecule has 0 aliphatic carbocycles. The van der Waals surface area contributed by atoms with E-state index in [0.717, 1.165) is 0 Å². The van der Waals surface area contributed by atoms with Crippen molar-refractivity contribution < 1.29 is 23.4 Å². The van der Waals surface area contributed by atoms with Crippen LogP contribution in [0.5, 0.6) is 0 Å². The highest BCUT2D eigenvalue weighted by Crippen LogP contribution is 2.10. The van der Waals surface area contributed by atoms with Gasteiger partial charge in [-0.15, -0.1) is 0 Å². The predicted molar refractivity (Wildman–Crippen MR) is 58.8 cm³/mol. The first kappa shape index (κ1) is 13.7. The van der Waals surface area contributed by atoms with Gasteiger partial charge >= 0.3 is 5.97 Å². The summed E-state index contributed by atoms with van der Waals surface area (Å²) in [5.74, 6) is -1.43. The number of aliphatic hydroxyl groups excluding tert-OH is 1. The quantitative estimate of drug-likeness (QED) is 0.639. The number of carboxylic acids is 1. The zero-order chi connectivity index (χ0) is 13.2. The van der Waals surface area contributed by atoms with Crippen molar-refractivity contribution >= 4 is 16.0 Å². The van der Waals surface area contributed by atoms with E-state index >= 15 is 0 Å². The number of nitrogens with one attached hydrogen (secondary N) is 1. The molecule has 7 nitrogen and oxygen atoms in total. The zero-order valence-electron chi connectivity index (χ0n) is 9.36. The molecule has 2 atom stereocenters. The zero-order valence-corrected chi connectivity index (χ0v) is 10.2. The number of aryl methyl sites for hydroxylation is 1. The van der Waals surface area contributed by atoms with Crippen molar-refractivity contribution in [3.8, 4) is 0 Å². The Morgan fingerprint density at radius 1 is 1.53 bits per heavy atom. The van der Waals surface area contributed by atoms with Crippen molar-refractivity contribution in [1.29, 1.82) is 0 Å². The van der Waals surface area contributed by atoms with E-state index in [-0.39, 0.29) is 4.90 Å². The van der Waals surface area contributed by atoms with Gasteiger partial charge in [-0.25, -0.2) is 8.42 Å². The third-order valence-electron chi connectivity index (χ3n) is 2.15. The topological polar surface area (TPSA) is 109 Å². The maximum atomic E-state index is 11.8. The van der Waals surface area contributed by atoms with Gasteiger partial charge in [-0.2, -0.15) is 4.72 Å². The fraction of sp³-hybridized carbons (Fsp3) is 0.444. The van der Waals surface area contributed by atoms with Crippen molar-refractivity contribution in [1.82, 2.24) is 9.29 Å². The lowest BCUT2D eigenvalue weighted by Gasteiger charge is -2.16. The van der Waals surface area contributed by atoms with Crippen LogP contribution in [0.25, 0.3) is 0 Å². The minimum absolute atomic E-state index is 0.0492. The van der Waals surface area contributed by atoms with E-state index in [4.69, 9.17) is 5.11 Å². The average molecular weight is 262 g/mol. The number of sulfonamides is 1. The first-order chi connectivity index (χ1) is 7.74. The minimum atomic E-state index is -3.94. The van der Waals surface area contributed by atoms with Gasteiger partial charge in [-0.1, -0.05) is 0 Å². The Hall–Kier alpha value is -1.38. The minimum Gasteiger partial charge on any atom is -0.480 e. The molecule has 17 heavy (non-hydrogen) atoms. The van der Waals surface area contributed by atoms with Crippen LogP contribution in [0.1, 0.15) is 6.92 Å². The molecule has 0 radical (unpaired) electrons. The van der Waals surface area contributed by atoms with Gasteiger partial charge in [0.2, 0.25) is 10.0 Å². The largest absolute Gasteiger partial charge is 0.480 e. The lowest BCUT2D eigenvalue weighted by Crippen LogP contribution is -2.47. The summed E-state index contributed by atoms with van der Waals surface area (Å²) in [6.07, 6.45) is 1.53. The first-order valence-corrected chi connectivity index (χ1v) is 6.27. The molecular weight excluding hydrogens is 248 g/mol. The average Bonchev–Trinajstić information content (AvgIpc) is 2.61. The Bertz CT molecular complexity index is 505. The Labute approximate surface area is 98.7 Å². The Kier molecular flexibility index (Phi) is 3.91. The highest BCUT2D eigenvalue weighted by Gasteiger charge is 2.29. The lowest BCUT2D eigenvalue weighted by atomic mass is 10.2. The molecule has 0 saturated carbocycles. The van der Waals surface area contributed by atoms with E-state index in [2.05, 4.69) is 0 Å². The molecule has 3 N–H and O–H groups in total. The van der Waals surface area contributed by atoms with Crippen LogP contribution >= 0.6 is 0 Å². The van der Waals surface area contributed by atoms with E-state index < -0.39 is 28.1 Å². The van der Waals surface area contributed by atoms with Crippen molar-refractivity contribution in [3.63, 3.8) is 0 Å². The van der Waals surface area contributed by atoms with Crippen LogP contribution in [0.4, 0.5) is 0 Å². The maximum Gasteiger partial charge on any atom is 0.324 e. The summed E-state index contributed by atoms with van der Waals surface area (Å²) in [4.78, 5) is 10.7. The van der Waals surface area contributed by atoms with Gasteiger partial charge in [-0.05, 0) is 13.0 Å². The number of aliphatic carboxylic acids is 1. The molecule has 1 heterocycles. The smallest absolute Gasteiger partial charge is 0.324 e. The number of carbonyl (C=O) groups is 1. The molecule has 0 amide bonds. The Morgan fingerprint density at radius 2 is 2.12 bits per heavy atom. The third-order valence-corrected chi connectivity index (χ3v) is 3.57. The summed E-state index contributed by atoms with van der Waals surface area (Å²) in [5, 5.41) is 18.0. The van der Waals surface area contributed by atoms with Gasteiger partial charge < -0.3 is 14.8 Å². The van der Waals surface area contributed by atoms with Crippen LogP contribution < -0.4 is 4.72 Å². The second-order valence-electron chi connectivity index (χ2n) is 3.69. The van der Waals surface area contributed by atoms with E-state index in [0.29, 0.717) is 0 Å². The molecule has 0 spiro atoms. The van der Waals surface area contributed by atoms with Crippen LogP contribution in [0.2, 0.25) is 0 Å². The molecule has 0 bridgehead atoms. The van der Waals surface area contributed by atoms with Crippen molar-refractivity contribution in [3.05, 3.63) is 18.5 Å². The van der Waals surface area contributed by atoms with E-state index in [1.165, 1.54) is 30.0 Å². The third kappa shape index (κ3) is 3.29. The normalized spacial score (nSPS) is 15.5. The number of aliphatic hydroxyl groups is 1. The fourth-order valence-corrected chi connectivity index (χ4v) is 2.54. The molecule has 1 rings (SSSR count). The predicted octanol–water partition coefficient (Wildman–Crippen LogP) is -0.863. The molecule has 0 aromatic carbocycles. The van der Waals surface area contributed by atoms with Crippen LogP contribution in [-0.4, -0.2) is 41.3 Å². The van der Waals surface area contributed by atoms with Gasteiger partial charge in [0.15, 0.2) is 0 Å². The van der Waals surface area contributed by atoms with E-state index in [9.17, 15) is 18.3 Å². The molecular formula is C9H14N2O5S. The summed E-state index contributed by atoms with van der Waals surface area (Å²) in [6.45, 7) is 1.20. The van der Waals surface area contributed by atoms with Gasteiger partial charge in [0.05, 0.1) is 11.0 Å². The molecule has 0 aliphatic heterocycles. The second-order valence-corrected chi connectivity index (χ2v) is 5.40. The number of rotatable bonds is 5. The van der Waals surface area contributed by atoms with E-state index in [1.54, 1.807) is 7.05 Å². The summed E-state index contributed by atoms with van der Waals surface area (Å²) in [7, 11) is -2.30. The summed E-state index contributed by atoms with van der Waals surface area (Å²) < 4.78 is 27.0. The van der Waals surface area contributed by atoms with Crippen LogP contribution in [0, 0.1) is 0 Å². The van der Waals surface area contributed by atoms with Gasteiger partial charge in [0.1, 0.15) is 6.04 Å². The van der Waals surface area contributed by atoms with E-state index in [1.807, 2.05) is 4.72 Å². The summed E-state index contributed by atoms with van der Waals surface area (Å²) in [5.41, 5.74) is 0. The fourth-order valence-electron chi connectivity index (χ4n) is 1.23. The summed E-state index contributed by atoms with van der Waals surface area (Å²) >= 11 is 0. The number of hydrogen-bond acceptors (Lipinski definition) is 4. The van der Waals surface area contributed by atoms with Crippen LogP contribution in [0.3, 0.4) is 0 Å². The SMILES string of the molecule is C[C@@H](O)[C@H](NS(=O)(=O)c1ccn(C)c1)C(=O)O. The number of hydrogen-bond donors (Lipinski definition) is 3. The summed E-state index contributed by atoms with van der Waals surface area (Å²) in [6, 6.07) is -0.233. The molecule has 8 heteroatoms. The molecule has 0 fully saturated rings. The Morgan fingerprint density at radius 3 is 2.47 bits per heavy atom. The maximum absolute atomic E-state index is 11.8. The molecule has 0 saturated heterocycles. The monoisotopic (exact) mass is 262 g/mol. The van der Waals surface area contributed by atoms with Crippen molar-refractivity contribution in [2.24, 2.45) is 7.05 Å². The van der Waals surface area contributed by atoms with Gasteiger partial charge in [0, 0.05) is 19.4 Å². The van der Waals surface area contributed by atoms with Crippen molar-refractivity contribution in [2.75, 3.05) is 0 Å². The molecule has 0 aliphatic rings. The van der Waals surface area contributed by atoms with Crippen LogP contribution in [-0.2, 0) is 21.9 Å². The Balaban J connectivity index is 2.97. The molecule has 1 aromatic rings. The number of aromatic nitrogens is 1. The van der Waals surface area contributed by atoms with Crippen molar-refractivity contribution in [2.45, 2.75) is 24.0 Å². The molecule has 96 valence electrons. The van der Waals surface area contributed by atoms with Gasteiger partial charge in [-0.3, -0.25) is 4.79 Å². The molecule has 1 aromatic heterocycles. The highest BCUT2D eigenvalue weighted by molar-refractivity contribution is 7.89. The first-order valence-electron chi connectivity index (χ1n) is 4.79. The molecule has 0 unspecified atom stereocenters. The number of carboxylic acid groups (broad SMARTS) is 1. The number of nitrogens with zero attached hydrogens (tertiary/aromatic N) is 1.